The van der Waals surface area contributed by atoms with E-state index in [0.29, 0.717) is 0 Å². The van der Waals surface area contributed by atoms with Gasteiger partial charge in [-0.2, -0.15) is 0 Å². The first-order chi connectivity index (χ1) is 6.33. The molecule has 0 spiro atoms. The van der Waals surface area contributed by atoms with E-state index in [-0.39, 0.29) is 0 Å². The van der Waals surface area contributed by atoms with Gasteiger partial charge in [-0.15, -0.1) is 0 Å². The molecule has 2 rings (SSSR count). The maximum absolute atomic E-state index is 10.6. The quantitative estimate of drug-likeness (QED) is 0.631. The highest BCUT2D eigenvalue weighted by Crippen LogP contribution is 2.14. The van der Waals surface area contributed by atoms with E-state index in [2.05, 4.69) is 0 Å². The van der Waals surface area contributed by atoms with E-state index in [1.165, 1.54) is 5.01 Å². The Morgan fingerprint density at radius 3 is 2.85 bits per heavy atom. The molecule has 1 aromatic carbocycles. The lowest BCUT2D eigenvalue weighted by Gasteiger charge is -2.13. The van der Waals surface area contributed by atoms with Crippen LogP contribution in [0.15, 0.2) is 36.5 Å². The van der Waals surface area contributed by atoms with E-state index in [9.17, 15) is 4.79 Å². The van der Waals surface area contributed by atoms with E-state index in [1.54, 1.807) is 7.05 Å². The molecule has 0 bridgehead atoms. The van der Waals surface area contributed by atoms with Crippen molar-refractivity contribution < 1.29 is 4.79 Å². The van der Waals surface area contributed by atoms with Gasteiger partial charge in [0.25, 0.3) is 0 Å². The Balaban J connectivity index is 2.64. The van der Waals surface area contributed by atoms with Gasteiger partial charge in [-0.25, -0.2) is 0 Å². The van der Waals surface area contributed by atoms with Crippen molar-refractivity contribution in [2.24, 2.45) is 0 Å². The number of para-hydroxylation sites is 1. The van der Waals surface area contributed by atoms with Crippen molar-refractivity contribution in [3.05, 3.63) is 36.5 Å². The fraction of sp³-hybridized carbons (Fsp3) is 0.100. The number of carbonyl (C=O) groups is 1. The summed E-state index contributed by atoms with van der Waals surface area (Å²) in [6.45, 7) is 0. The van der Waals surface area contributed by atoms with Gasteiger partial charge >= 0.3 is 0 Å². The predicted molar refractivity (Wildman–Crippen MR) is 52.1 cm³/mol. The second kappa shape index (κ2) is 2.94. The number of hydrogen-bond acceptors (Lipinski definition) is 1. The van der Waals surface area contributed by atoms with Crippen molar-refractivity contribution in [1.82, 2.24) is 4.68 Å². The SMILES string of the molecule is CN(C=O)n1ccc2ccccc21. The van der Waals surface area contributed by atoms with Gasteiger partial charge in [-0.1, -0.05) is 18.2 Å². The van der Waals surface area contributed by atoms with E-state index in [0.717, 1.165) is 17.3 Å². The zero-order chi connectivity index (χ0) is 9.26. The zero-order valence-electron chi connectivity index (χ0n) is 7.34. The smallest absolute Gasteiger partial charge is 0.228 e. The molecule has 3 nitrogen and oxygen atoms in total. The highest BCUT2D eigenvalue weighted by molar-refractivity contribution is 5.81. The summed E-state index contributed by atoms with van der Waals surface area (Å²) in [6.07, 6.45) is 2.66. The summed E-state index contributed by atoms with van der Waals surface area (Å²) in [4.78, 5) is 10.6. The van der Waals surface area contributed by atoms with Gasteiger partial charge in [0.15, 0.2) is 0 Å². The first-order valence-electron chi connectivity index (χ1n) is 4.07. The summed E-state index contributed by atoms with van der Waals surface area (Å²) in [7, 11) is 1.72. The average Bonchev–Trinajstić information content (AvgIpc) is 2.60. The van der Waals surface area contributed by atoms with Gasteiger partial charge in [-0.3, -0.25) is 14.5 Å². The van der Waals surface area contributed by atoms with E-state index in [4.69, 9.17) is 0 Å². The summed E-state index contributed by atoms with van der Waals surface area (Å²) in [6, 6.07) is 9.92. The third-order valence-electron chi connectivity index (χ3n) is 2.07. The minimum absolute atomic E-state index is 0.784. The second-order valence-corrected chi connectivity index (χ2v) is 2.90. The number of hydrogen-bond donors (Lipinski definition) is 0. The third kappa shape index (κ3) is 1.18. The molecule has 0 aliphatic heterocycles. The minimum atomic E-state index is 0.784. The fourth-order valence-corrected chi connectivity index (χ4v) is 1.39. The summed E-state index contributed by atoms with van der Waals surface area (Å²) in [5.74, 6) is 0. The Bertz CT molecular complexity index is 433. The Labute approximate surface area is 76.2 Å². The summed E-state index contributed by atoms with van der Waals surface area (Å²) in [5, 5.41) is 2.64. The number of carbonyl (C=O) groups excluding carboxylic acids is 1. The zero-order valence-corrected chi connectivity index (χ0v) is 7.34. The summed E-state index contributed by atoms with van der Waals surface area (Å²) >= 11 is 0. The molecule has 1 heterocycles. The molecule has 0 saturated carbocycles. The number of benzene rings is 1. The monoisotopic (exact) mass is 174 g/mol. The maximum Gasteiger partial charge on any atom is 0.228 e. The lowest BCUT2D eigenvalue weighted by atomic mass is 10.3. The third-order valence-corrected chi connectivity index (χ3v) is 2.07. The fourth-order valence-electron chi connectivity index (χ4n) is 1.39. The Kier molecular flexibility index (Phi) is 1.77. The molecule has 13 heavy (non-hydrogen) atoms. The number of amides is 1. The lowest BCUT2D eigenvalue weighted by Crippen LogP contribution is -2.26. The van der Waals surface area contributed by atoms with Crippen LogP contribution in [0.3, 0.4) is 0 Å². The molecule has 0 fully saturated rings. The van der Waals surface area contributed by atoms with Crippen LogP contribution in [0.1, 0.15) is 0 Å². The van der Waals surface area contributed by atoms with Crippen molar-refractivity contribution in [1.29, 1.82) is 0 Å². The minimum Gasteiger partial charge on any atom is -0.277 e. The molecule has 1 amide bonds. The van der Waals surface area contributed by atoms with Gasteiger partial charge < -0.3 is 0 Å². The molecule has 0 aliphatic carbocycles. The lowest BCUT2D eigenvalue weighted by molar-refractivity contribution is -0.108. The second-order valence-electron chi connectivity index (χ2n) is 2.90. The van der Waals surface area contributed by atoms with Crippen LogP contribution in [0.2, 0.25) is 0 Å². The van der Waals surface area contributed by atoms with Crippen LogP contribution >= 0.6 is 0 Å². The van der Waals surface area contributed by atoms with Crippen molar-refractivity contribution in [3.8, 4) is 0 Å². The van der Waals surface area contributed by atoms with Crippen LogP contribution in [-0.4, -0.2) is 18.1 Å². The topological polar surface area (TPSA) is 25.2 Å². The number of aromatic nitrogens is 1. The Hall–Kier alpha value is -1.77. The van der Waals surface area contributed by atoms with Gasteiger partial charge in [0, 0.05) is 18.6 Å². The molecule has 3 heteroatoms. The normalized spacial score (nSPS) is 10.2. The Morgan fingerprint density at radius 1 is 1.31 bits per heavy atom. The highest BCUT2D eigenvalue weighted by Gasteiger charge is 2.01. The van der Waals surface area contributed by atoms with Gasteiger partial charge in [0.05, 0.1) is 5.52 Å². The van der Waals surface area contributed by atoms with Crippen molar-refractivity contribution in [3.63, 3.8) is 0 Å². The van der Waals surface area contributed by atoms with Crippen molar-refractivity contribution >= 4 is 17.3 Å². The highest BCUT2D eigenvalue weighted by atomic mass is 16.1. The largest absolute Gasteiger partial charge is 0.277 e. The van der Waals surface area contributed by atoms with Crippen LogP contribution in [0.25, 0.3) is 10.9 Å². The van der Waals surface area contributed by atoms with Gasteiger partial charge in [-0.05, 0) is 12.1 Å². The standard InChI is InChI=1S/C10H10N2O/c1-11(8-13)12-7-6-9-4-2-3-5-10(9)12/h2-8H,1H3. The number of rotatable bonds is 2. The van der Waals surface area contributed by atoms with E-state index < -0.39 is 0 Å². The first kappa shape index (κ1) is 7.86. The maximum atomic E-state index is 10.6. The van der Waals surface area contributed by atoms with Gasteiger partial charge in [0.2, 0.25) is 6.41 Å². The van der Waals surface area contributed by atoms with Gasteiger partial charge in [0.1, 0.15) is 0 Å². The molecule has 0 atom stereocenters. The molecule has 66 valence electrons. The van der Waals surface area contributed by atoms with Crippen LogP contribution in [0.4, 0.5) is 0 Å². The molecule has 0 N–H and O–H groups in total. The van der Waals surface area contributed by atoms with Crippen LogP contribution in [-0.2, 0) is 4.79 Å². The van der Waals surface area contributed by atoms with E-state index in [1.807, 2.05) is 41.2 Å². The summed E-state index contributed by atoms with van der Waals surface area (Å²) < 4.78 is 1.81. The average molecular weight is 174 g/mol. The number of nitrogens with zero attached hydrogens (tertiary/aromatic N) is 2. The van der Waals surface area contributed by atoms with Crippen LogP contribution in [0, 0.1) is 0 Å². The van der Waals surface area contributed by atoms with Crippen molar-refractivity contribution in [2.45, 2.75) is 0 Å². The first-order valence-corrected chi connectivity index (χ1v) is 4.07. The summed E-state index contributed by atoms with van der Waals surface area (Å²) in [5.41, 5.74) is 1.04. The van der Waals surface area contributed by atoms with Crippen molar-refractivity contribution in [2.75, 3.05) is 12.1 Å². The predicted octanol–water partition coefficient (Wildman–Crippen LogP) is 1.37. The number of fused-ring (bicyclic) bond motifs is 1. The molecule has 0 unspecified atom stereocenters. The molecule has 1 aromatic heterocycles. The molecular weight excluding hydrogens is 164 g/mol. The Morgan fingerprint density at radius 2 is 2.08 bits per heavy atom. The molecule has 0 saturated heterocycles. The molecule has 0 radical (unpaired) electrons. The van der Waals surface area contributed by atoms with Crippen LogP contribution < -0.4 is 5.01 Å². The molecular formula is C10H10N2O. The molecule has 2 aromatic rings. The van der Waals surface area contributed by atoms with Crippen LogP contribution in [0.5, 0.6) is 0 Å². The molecule has 0 aliphatic rings. The van der Waals surface area contributed by atoms with E-state index >= 15 is 0 Å².